The number of hydrogen-bond acceptors (Lipinski definition) is 3. The second kappa shape index (κ2) is 4.70. The molecule has 0 amide bonds. The van der Waals surface area contributed by atoms with Gasteiger partial charge in [-0.3, -0.25) is 0 Å². The maximum Gasteiger partial charge on any atom is 0.0693 e. The predicted molar refractivity (Wildman–Crippen MR) is 44.2 cm³/mol. The molecule has 1 rings (SSSR count). The van der Waals surface area contributed by atoms with Crippen molar-refractivity contribution >= 4 is 0 Å². The summed E-state index contributed by atoms with van der Waals surface area (Å²) in [6.45, 7) is 3.87. The molecule has 0 spiro atoms. The van der Waals surface area contributed by atoms with Crippen molar-refractivity contribution in [2.24, 2.45) is 0 Å². The molecule has 3 nitrogen and oxygen atoms in total. The summed E-state index contributed by atoms with van der Waals surface area (Å²) in [7, 11) is 0. The van der Waals surface area contributed by atoms with Gasteiger partial charge >= 0.3 is 0 Å². The summed E-state index contributed by atoms with van der Waals surface area (Å²) >= 11 is 0. The minimum Gasteiger partial charge on any atom is -0.785 e. The van der Waals surface area contributed by atoms with E-state index >= 15 is 0 Å². The first-order chi connectivity index (χ1) is 5.33. The van der Waals surface area contributed by atoms with E-state index in [4.69, 9.17) is 4.74 Å². The first-order valence-electron chi connectivity index (χ1n) is 4.36. The van der Waals surface area contributed by atoms with Gasteiger partial charge in [0.1, 0.15) is 0 Å². The van der Waals surface area contributed by atoms with Crippen LogP contribution in [0.15, 0.2) is 0 Å². The lowest BCUT2D eigenvalue weighted by Crippen LogP contribution is -2.38. The van der Waals surface area contributed by atoms with Crippen molar-refractivity contribution in [1.29, 1.82) is 0 Å². The van der Waals surface area contributed by atoms with Crippen molar-refractivity contribution in [2.45, 2.75) is 32.3 Å². The van der Waals surface area contributed by atoms with Gasteiger partial charge < -0.3 is 15.0 Å². The third-order valence-corrected chi connectivity index (χ3v) is 1.98. The van der Waals surface area contributed by atoms with Gasteiger partial charge in [-0.15, -0.1) is 0 Å². The Balaban J connectivity index is 2.12. The van der Waals surface area contributed by atoms with E-state index in [1.165, 1.54) is 12.8 Å². The van der Waals surface area contributed by atoms with Gasteiger partial charge in [0.25, 0.3) is 0 Å². The van der Waals surface area contributed by atoms with Crippen LogP contribution >= 0.6 is 0 Å². The summed E-state index contributed by atoms with van der Waals surface area (Å²) < 4.78 is 5.41. The standard InChI is InChI=1S/C8H16NO2/c1-2-3-4-8-7-9(10)5-6-11-8/h8H,2-7H2,1H3/q-1. The Labute approximate surface area is 67.9 Å². The van der Waals surface area contributed by atoms with Crippen LogP contribution in [-0.4, -0.2) is 30.9 Å². The molecule has 3 heteroatoms. The molecule has 0 saturated carbocycles. The lowest BCUT2D eigenvalue weighted by atomic mass is 10.1. The van der Waals surface area contributed by atoms with Crippen molar-refractivity contribution in [3.8, 4) is 0 Å². The zero-order valence-corrected chi connectivity index (χ0v) is 7.08. The molecule has 0 radical (unpaired) electrons. The van der Waals surface area contributed by atoms with Crippen LogP contribution in [0.3, 0.4) is 0 Å². The van der Waals surface area contributed by atoms with Crippen molar-refractivity contribution in [3.63, 3.8) is 0 Å². The summed E-state index contributed by atoms with van der Waals surface area (Å²) in [5, 5.41) is 12.0. The van der Waals surface area contributed by atoms with E-state index in [1.54, 1.807) is 0 Å². The number of nitrogens with zero attached hydrogens (tertiary/aromatic N) is 1. The third-order valence-electron chi connectivity index (χ3n) is 1.98. The quantitative estimate of drug-likeness (QED) is 0.622. The molecule has 0 aromatic carbocycles. The summed E-state index contributed by atoms with van der Waals surface area (Å²) in [4.78, 5) is 0. The van der Waals surface area contributed by atoms with Gasteiger partial charge in [0.05, 0.1) is 12.7 Å². The maximum atomic E-state index is 10.9. The number of hydroxylamine groups is 2. The monoisotopic (exact) mass is 158 g/mol. The smallest absolute Gasteiger partial charge is 0.0693 e. The van der Waals surface area contributed by atoms with Gasteiger partial charge in [-0.05, 0) is 6.42 Å². The SMILES string of the molecule is CCCCC1CN([O-])CCO1. The summed E-state index contributed by atoms with van der Waals surface area (Å²) in [5.74, 6) is 0. The first-order valence-corrected chi connectivity index (χ1v) is 4.36. The highest BCUT2D eigenvalue weighted by Crippen LogP contribution is 2.10. The molecule has 66 valence electrons. The second-order valence-corrected chi connectivity index (χ2v) is 3.02. The molecule has 1 heterocycles. The highest BCUT2D eigenvalue weighted by Gasteiger charge is 2.13. The second-order valence-electron chi connectivity index (χ2n) is 3.02. The van der Waals surface area contributed by atoms with Gasteiger partial charge in [0.2, 0.25) is 0 Å². The Morgan fingerprint density at radius 1 is 1.64 bits per heavy atom. The number of hydrogen-bond donors (Lipinski definition) is 0. The Morgan fingerprint density at radius 3 is 3.09 bits per heavy atom. The van der Waals surface area contributed by atoms with Crippen LogP contribution in [0, 0.1) is 5.21 Å². The van der Waals surface area contributed by atoms with E-state index in [1.807, 2.05) is 0 Å². The fourth-order valence-corrected chi connectivity index (χ4v) is 1.30. The summed E-state index contributed by atoms with van der Waals surface area (Å²) in [6.07, 6.45) is 3.58. The fraction of sp³-hybridized carbons (Fsp3) is 1.00. The zero-order valence-electron chi connectivity index (χ0n) is 7.08. The van der Waals surface area contributed by atoms with Crippen molar-refractivity contribution in [1.82, 2.24) is 5.06 Å². The van der Waals surface area contributed by atoms with E-state index in [0.717, 1.165) is 11.5 Å². The molecule has 0 bridgehead atoms. The molecule has 0 aromatic heterocycles. The molecule has 1 fully saturated rings. The van der Waals surface area contributed by atoms with Gasteiger partial charge in [0.15, 0.2) is 0 Å². The van der Waals surface area contributed by atoms with Crippen LogP contribution < -0.4 is 0 Å². The van der Waals surface area contributed by atoms with Crippen molar-refractivity contribution in [3.05, 3.63) is 5.21 Å². The molecule has 0 aromatic rings. The van der Waals surface area contributed by atoms with Crippen molar-refractivity contribution < 1.29 is 4.74 Å². The van der Waals surface area contributed by atoms with Gasteiger partial charge in [-0.25, -0.2) is 0 Å². The Kier molecular flexibility index (Phi) is 3.83. The number of morpholine rings is 1. The summed E-state index contributed by atoms with van der Waals surface area (Å²) in [5.41, 5.74) is 0. The molecular formula is C8H16NO2-. The zero-order chi connectivity index (χ0) is 8.10. The number of unbranched alkanes of at least 4 members (excludes halogenated alkanes) is 1. The molecule has 11 heavy (non-hydrogen) atoms. The fourth-order valence-electron chi connectivity index (χ4n) is 1.30. The molecule has 1 atom stereocenters. The molecule has 1 aliphatic heterocycles. The van der Waals surface area contributed by atoms with E-state index < -0.39 is 0 Å². The lowest BCUT2D eigenvalue weighted by molar-refractivity contribution is -0.0172. The normalized spacial score (nSPS) is 27.3. The first kappa shape index (κ1) is 8.97. The molecule has 0 aliphatic carbocycles. The van der Waals surface area contributed by atoms with Crippen LogP contribution in [0.5, 0.6) is 0 Å². The van der Waals surface area contributed by atoms with E-state index in [-0.39, 0.29) is 6.10 Å². The van der Waals surface area contributed by atoms with Crippen LogP contribution in [-0.2, 0) is 4.74 Å². The largest absolute Gasteiger partial charge is 0.785 e. The van der Waals surface area contributed by atoms with E-state index in [9.17, 15) is 5.21 Å². The highest BCUT2D eigenvalue weighted by atomic mass is 16.5. The van der Waals surface area contributed by atoms with Crippen LogP contribution in [0.1, 0.15) is 26.2 Å². The molecular weight excluding hydrogens is 142 g/mol. The van der Waals surface area contributed by atoms with E-state index in [0.29, 0.717) is 19.7 Å². The minimum absolute atomic E-state index is 0.196. The Bertz CT molecular complexity index is 108. The minimum atomic E-state index is 0.196. The van der Waals surface area contributed by atoms with Crippen molar-refractivity contribution in [2.75, 3.05) is 19.7 Å². The average Bonchev–Trinajstić information content (AvgIpc) is 2.01. The highest BCUT2D eigenvalue weighted by molar-refractivity contribution is 4.70. The Hall–Kier alpha value is -0.120. The molecule has 0 N–H and O–H groups in total. The molecule has 1 aliphatic rings. The van der Waals surface area contributed by atoms with Gasteiger partial charge in [0, 0.05) is 13.1 Å². The van der Waals surface area contributed by atoms with Gasteiger partial charge in [-0.2, -0.15) is 0 Å². The molecule has 1 unspecified atom stereocenters. The lowest BCUT2D eigenvalue weighted by Gasteiger charge is -2.37. The van der Waals surface area contributed by atoms with Crippen LogP contribution in [0.25, 0.3) is 0 Å². The average molecular weight is 158 g/mol. The predicted octanol–water partition coefficient (Wildman–Crippen LogP) is 1.38. The number of ether oxygens (including phenoxy) is 1. The van der Waals surface area contributed by atoms with Crippen LogP contribution in [0.2, 0.25) is 0 Å². The topological polar surface area (TPSA) is 35.5 Å². The maximum absolute atomic E-state index is 10.9. The number of rotatable bonds is 3. The van der Waals surface area contributed by atoms with Crippen LogP contribution in [0.4, 0.5) is 0 Å². The Morgan fingerprint density at radius 2 is 2.45 bits per heavy atom. The molecule has 1 saturated heterocycles. The van der Waals surface area contributed by atoms with E-state index in [2.05, 4.69) is 6.92 Å². The summed E-state index contributed by atoms with van der Waals surface area (Å²) in [6, 6.07) is 0. The van der Waals surface area contributed by atoms with Gasteiger partial charge in [-0.1, -0.05) is 19.8 Å². The third kappa shape index (κ3) is 3.18.